The molecular formula is C12H22N2O2S2. The zero-order valence-corrected chi connectivity index (χ0v) is 13.3. The summed E-state index contributed by atoms with van der Waals surface area (Å²) in [6.07, 6.45) is 1.94. The van der Waals surface area contributed by atoms with Gasteiger partial charge in [0.15, 0.2) is 9.84 Å². The maximum absolute atomic E-state index is 11.9. The molecule has 0 aliphatic rings. The smallest absolute Gasteiger partial charge is 0.154 e. The third-order valence-corrected chi connectivity index (χ3v) is 6.48. The molecule has 1 unspecified atom stereocenters. The van der Waals surface area contributed by atoms with Crippen molar-refractivity contribution in [1.29, 1.82) is 0 Å². The molecule has 0 aliphatic heterocycles. The molecule has 0 aliphatic carbocycles. The summed E-state index contributed by atoms with van der Waals surface area (Å²) in [6.45, 7) is 8.22. The molecule has 1 aromatic heterocycles. The van der Waals surface area contributed by atoms with E-state index in [1.807, 2.05) is 19.2 Å². The van der Waals surface area contributed by atoms with Crippen LogP contribution < -0.4 is 5.32 Å². The number of sulfone groups is 1. The van der Waals surface area contributed by atoms with Crippen LogP contribution in [0.1, 0.15) is 31.5 Å². The average Bonchev–Trinajstić information content (AvgIpc) is 2.61. The molecule has 1 rings (SSSR count). The molecule has 0 bridgehead atoms. The van der Waals surface area contributed by atoms with Crippen molar-refractivity contribution in [3.8, 4) is 0 Å². The maximum Gasteiger partial charge on any atom is 0.154 e. The van der Waals surface area contributed by atoms with Gasteiger partial charge >= 0.3 is 0 Å². The second-order valence-corrected chi connectivity index (χ2v) is 8.61. The average molecular weight is 290 g/mol. The van der Waals surface area contributed by atoms with E-state index in [0.717, 1.165) is 17.2 Å². The largest absolute Gasteiger partial charge is 0.312 e. The molecule has 0 saturated carbocycles. The summed E-state index contributed by atoms with van der Waals surface area (Å²) in [5.41, 5.74) is 0.988. The highest BCUT2D eigenvalue weighted by molar-refractivity contribution is 7.92. The number of likely N-dealkylation sites (N-methyl/N-ethyl adjacent to an activating group) is 1. The van der Waals surface area contributed by atoms with E-state index in [0.29, 0.717) is 6.42 Å². The normalized spacial score (nSPS) is 14.7. The molecule has 0 aromatic carbocycles. The van der Waals surface area contributed by atoms with Crippen LogP contribution in [0, 0.1) is 6.92 Å². The summed E-state index contributed by atoms with van der Waals surface area (Å²) in [6, 6.07) is -0.122. The van der Waals surface area contributed by atoms with Crippen molar-refractivity contribution in [2.45, 2.75) is 44.9 Å². The number of thiazole rings is 1. The van der Waals surface area contributed by atoms with E-state index in [4.69, 9.17) is 0 Å². The van der Waals surface area contributed by atoms with Crippen LogP contribution >= 0.6 is 11.3 Å². The minimum absolute atomic E-state index is 0.122. The molecule has 4 nitrogen and oxygen atoms in total. The molecule has 18 heavy (non-hydrogen) atoms. The van der Waals surface area contributed by atoms with Crippen LogP contribution in [-0.2, 0) is 16.3 Å². The first-order valence-electron chi connectivity index (χ1n) is 6.02. The molecule has 1 heterocycles. The van der Waals surface area contributed by atoms with Gasteiger partial charge in [-0.2, -0.15) is 0 Å². The van der Waals surface area contributed by atoms with Gasteiger partial charge in [-0.3, -0.25) is 0 Å². The van der Waals surface area contributed by atoms with Gasteiger partial charge in [-0.1, -0.05) is 6.92 Å². The van der Waals surface area contributed by atoms with E-state index in [-0.39, 0.29) is 6.04 Å². The second kappa shape index (κ2) is 5.67. The van der Waals surface area contributed by atoms with E-state index < -0.39 is 14.6 Å². The first kappa shape index (κ1) is 15.6. The van der Waals surface area contributed by atoms with Gasteiger partial charge in [-0.15, -0.1) is 11.3 Å². The van der Waals surface area contributed by atoms with E-state index in [1.54, 1.807) is 25.2 Å². The molecule has 1 N–H and O–H groups in total. The monoisotopic (exact) mass is 290 g/mol. The fourth-order valence-electron chi connectivity index (χ4n) is 1.74. The fourth-order valence-corrected chi connectivity index (χ4v) is 3.24. The van der Waals surface area contributed by atoms with Crippen molar-refractivity contribution in [2.24, 2.45) is 0 Å². The predicted octanol–water partition coefficient (Wildman–Crippen LogP) is 1.80. The lowest BCUT2D eigenvalue weighted by molar-refractivity contribution is 0.413. The molecule has 0 saturated heterocycles. The van der Waals surface area contributed by atoms with Crippen LogP contribution in [0.25, 0.3) is 0 Å². The molecule has 0 fully saturated rings. The van der Waals surface area contributed by atoms with Crippen LogP contribution in [0.4, 0.5) is 0 Å². The molecule has 0 spiro atoms. The highest BCUT2D eigenvalue weighted by Crippen LogP contribution is 2.24. The molecule has 104 valence electrons. The van der Waals surface area contributed by atoms with Gasteiger partial charge in [0, 0.05) is 29.8 Å². The summed E-state index contributed by atoms with van der Waals surface area (Å²) in [4.78, 5) is 4.41. The molecule has 1 aromatic rings. The number of rotatable bonds is 6. The summed E-state index contributed by atoms with van der Waals surface area (Å²) >= 11 is 1.58. The fraction of sp³-hybridized carbons (Fsp3) is 0.750. The van der Waals surface area contributed by atoms with Crippen LogP contribution in [0.2, 0.25) is 0 Å². The zero-order chi connectivity index (χ0) is 14.0. The SMILES string of the molecule is CCNC(Cc1nc(C)cs1)C(C)(C)S(C)(=O)=O. The van der Waals surface area contributed by atoms with Crippen molar-refractivity contribution in [3.63, 3.8) is 0 Å². The molecular weight excluding hydrogens is 268 g/mol. The Morgan fingerprint density at radius 1 is 1.50 bits per heavy atom. The maximum atomic E-state index is 11.9. The standard InChI is InChI=1S/C12H22N2O2S2/c1-6-13-10(12(3,4)18(5,15)16)7-11-14-9(2)8-17-11/h8,10,13H,6-7H2,1-5H3. The topological polar surface area (TPSA) is 59.1 Å². The third-order valence-electron chi connectivity index (χ3n) is 3.29. The van der Waals surface area contributed by atoms with Gasteiger partial charge in [-0.25, -0.2) is 13.4 Å². The number of nitrogens with one attached hydrogen (secondary N) is 1. The summed E-state index contributed by atoms with van der Waals surface area (Å²) in [7, 11) is -3.12. The molecule has 0 radical (unpaired) electrons. The number of hydrogen-bond donors (Lipinski definition) is 1. The van der Waals surface area contributed by atoms with Crippen molar-refractivity contribution < 1.29 is 8.42 Å². The van der Waals surface area contributed by atoms with Gasteiger partial charge in [0.1, 0.15) is 0 Å². The van der Waals surface area contributed by atoms with Crippen LogP contribution in [0.3, 0.4) is 0 Å². The molecule has 1 atom stereocenters. The first-order chi connectivity index (χ1) is 8.18. The summed E-state index contributed by atoms with van der Waals surface area (Å²) in [5.74, 6) is 0. The highest BCUT2D eigenvalue weighted by atomic mass is 32.2. The molecule has 6 heteroatoms. The van der Waals surface area contributed by atoms with E-state index >= 15 is 0 Å². The Bertz CT molecular complexity index is 492. The Hall–Kier alpha value is -0.460. The third kappa shape index (κ3) is 3.52. The van der Waals surface area contributed by atoms with E-state index in [2.05, 4.69) is 10.3 Å². The second-order valence-electron chi connectivity index (χ2n) is 5.07. The quantitative estimate of drug-likeness (QED) is 0.868. The zero-order valence-electron chi connectivity index (χ0n) is 11.6. The summed E-state index contributed by atoms with van der Waals surface area (Å²) in [5, 5.41) is 6.25. The van der Waals surface area contributed by atoms with Crippen molar-refractivity contribution in [2.75, 3.05) is 12.8 Å². The minimum atomic E-state index is -3.12. The van der Waals surface area contributed by atoms with Crippen molar-refractivity contribution in [3.05, 3.63) is 16.1 Å². The first-order valence-corrected chi connectivity index (χ1v) is 8.79. The van der Waals surface area contributed by atoms with Crippen LogP contribution in [0.5, 0.6) is 0 Å². The van der Waals surface area contributed by atoms with Crippen molar-refractivity contribution >= 4 is 21.2 Å². The van der Waals surface area contributed by atoms with E-state index in [9.17, 15) is 8.42 Å². The lowest BCUT2D eigenvalue weighted by atomic mass is 10.00. The van der Waals surface area contributed by atoms with Gasteiger partial charge in [-0.05, 0) is 27.3 Å². The van der Waals surface area contributed by atoms with Gasteiger partial charge in [0.25, 0.3) is 0 Å². The minimum Gasteiger partial charge on any atom is -0.312 e. The Labute approximate surface area is 114 Å². The summed E-state index contributed by atoms with van der Waals surface area (Å²) < 4.78 is 23.0. The Balaban J connectivity index is 2.96. The number of hydrogen-bond acceptors (Lipinski definition) is 5. The Kier molecular flexibility index (Phi) is 4.91. The van der Waals surface area contributed by atoms with Crippen LogP contribution in [0.15, 0.2) is 5.38 Å². The van der Waals surface area contributed by atoms with Gasteiger partial charge in [0.05, 0.1) is 9.75 Å². The van der Waals surface area contributed by atoms with Gasteiger partial charge < -0.3 is 5.32 Å². The Morgan fingerprint density at radius 2 is 2.11 bits per heavy atom. The number of aromatic nitrogens is 1. The lowest BCUT2D eigenvalue weighted by Gasteiger charge is -2.32. The molecule has 0 amide bonds. The lowest BCUT2D eigenvalue weighted by Crippen LogP contribution is -2.52. The van der Waals surface area contributed by atoms with E-state index in [1.165, 1.54) is 6.26 Å². The van der Waals surface area contributed by atoms with Crippen LogP contribution in [-0.4, -0.2) is 37.0 Å². The Morgan fingerprint density at radius 3 is 2.50 bits per heavy atom. The van der Waals surface area contributed by atoms with Crippen molar-refractivity contribution in [1.82, 2.24) is 10.3 Å². The highest BCUT2D eigenvalue weighted by Gasteiger charge is 2.38. The number of aryl methyl sites for hydroxylation is 1. The predicted molar refractivity (Wildman–Crippen MR) is 76.9 cm³/mol. The van der Waals surface area contributed by atoms with Gasteiger partial charge in [0.2, 0.25) is 0 Å². The number of nitrogens with zero attached hydrogens (tertiary/aromatic N) is 1.